The highest BCUT2D eigenvalue weighted by Crippen LogP contribution is 2.08. The molecular weight excluding hydrogens is 274 g/mol. The molecule has 0 saturated heterocycles. The van der Waals surface area contributed by atoms with Gasteiger partial charge in [0.2, 0.25) is 0 Å². The lowest BCUT2D eigenvalue weighted by atomic mass is 10.2. The molecule has 6 nitrogen and oxygen atoms in total. The number of aliphatic hydroxyl groups excluding tert-OH is 1. The van der Waals surface area contributed by atoms with E-state index in [0.717, 1.165) is 12.1 Å². The van der Waals surface area contributed by atoms with Crippen LogP contribution in [0.1, 0.15) is 12.0 Å². The third-order valence-electron chi connectivity index (χ3n) is 2.46. The van der Waals surface area contributed by atoms with Crippen molar-refractivity contribution < 1.29 is 28.6 Å². The highest BCUT2D eigenvalue weighted by Gasteiger charge is 2.18. The van der Waals surface area contributed by atoms with Crippen molar-refractivity contribution in [3.05, 3.63) is 35.4 Å². The Morgan fingerprint density at radius 2 is 1.95 bits per heavy atom. The third kappa shape index (κ3) is 4.81. The first-order valence-electron chi connectivity index (χ1n) is 5.76. The van der Waals surface area contributed by atoms with E-state index in [-0.39, 0.29) is 19.6 Å². The number of benzene rings is 1. The molecule has 1 aromatic rings. The summed E-state index contributed by atoms with van der Waals surface area (Å²) in [6.07, 6.45) is -0.131. The molecule has 0 radical (unpaired) electrons. The molecule has 0 fully saturated rings. The van der Waals surface area contributed by atoms with Gasteiger partial charge in [0.25, 0.3) is 0 Å². The van der Waals surface area contributed by atoms with Crippen LogP contribution in [0.4, 0.5) is 13.6 Å². The molecule has 1 aromatic carbocycles. The lowest BCUT2D eigenvalue weighted by Crippen LogP contribution is -2.46. The van der Waals surface area contributed by atoms with Gasteiger partial charge in [0.1, 0.15) is 6.04 Å². The van der Waals surface area contributed by atoms with Gasteiger partial charge in [-0.2, -0.15) is 0 Å². The fraction of sp³-hybridized carbons (Fsp3) is 0.333. The van der Waals surface area contributed by atoms with Crippen molar-refractivity contribution in [2.24, 2.45) is 0 Å². The molecule has 0 bridgehead atoms. The molecule has 0 spiro atoms. The van der Waals surface area contributed by atoms with E-state index in [1.54, 1.807) is 0 Å². The Morgan fingerprint density at radius 1 is 1.25 bits per heavy atom. The van der Waals surface area contributed by atoms with Crippen molar-refractivity contribution in [1.29, 1.82) is 0 Å². The number of urea groups is 1. The molecule has 0 aromatic heterocycles. The maximum atomic E-state index is 12.9. The molecule has 0 heterocycles. The minimum Gasteiger partial charge on any atom is -0.480 e. The molecule has 0 aliphatic carbocycles. The number of carbonyl (C=O) groups is 2. The maximum absolute atomic E-state index is 12.9. The second kappa shape index (κ2) is 7.39. The number of carboxylic acid groups (broad SMARTS) is 1. The summed E-state index contributed by atoms with van der Waals surface area (Å²) in [5.41, 5.74) is 0.327. The molecule has 1 rings (SSSR count). The number of hydrogen-bond donors (Lipinski definition) is 4. The van der Waals surface area contributed by atoms with Crippen molar-refractivity contribution in [2.75, 3.05) is 6.61 Å². The predicted molar refractivity (Wildman–Crippen MR) is 64.9 cm³/mol. The van der Waals surface area contributed by atoms with E-state index < -0.39 is 29.7 Å². The van der Waals surface area contributed by atoms with Gasteiger partial charge in [0.05, 0.1) is 0 Å². The molecule has 110 valence electrons. The summed E-state index contributed by atoms with van der Waals surface area (Å²) in [4.78, 5) is 22.2. The Bertz CT molecular complexity index is 496. The molecule has 1 atom stereocenters. The second-order valence-corrected chi connectivity index (χ2v) is 3.98. The SMILES string of the molecule is O=C(NCc1ccc(F)c(F)c1)N[C@H](CCO)C(=O)O. The van der Waals surface area contributed by atoms with Crippen molar-refractivity contribution in [3.8, 4) is 0 Å². The maximum Gasteiger partial charge on any atom is 0.326 e. The highest BCUT2D eigenvalue weighted by atomic mass is 19.2. The van der Waals surface area contributed by atoms with Gasteiger partial charge in [0, 0.05) is 19.6 Å². The fourth-order valence-corrected chi connectivity index (χ4v) is 1.43. The molecule has 0 unspecified atom stereocenters. The van der Waals surface area contributed by atoms with E-state index in [1.165, 1.54) is 6.07 Å². The van der Waals surface area contributed by atoms with Crippen molar-refractivity contribution in [3.63, 3.8) is 0 Å². The zero-order valence-electron chi connectivity index (χ0n) is 10.4. The van der Waals surface area contributed by atoms with Gasteiger partial charge < -0.3 is 20.8 Å². The molecule has 0 aliphatic heterocycles. The van der Waals surface area contributed by atoms with Crippen LogP contribution in [0.5, 0.6) is 0 Å². The van der Waals surface area contributed by atoms with Gasteiger partial charge in [0.15, 0.2) is 11.6 Å². The number of carbonyl (C=O) groups excluding carboxylic acids is 1. The van der Waals surface area contributed by atoms with Gasteiger partial charge in [-0.05, 0) is 17.7 Å². The van der Waals surface area contributed by atoms with E-state index in [2.05, 4.69) is 10.6 Å². The first-order chi connectivity index (χ1) is 9.43. The molecule has 8 heteroatoms. The fourth-order valence-electron chi connectivity index (χ4n) is 1.43. The third-order valence-corrected chi connectivity index (χ3v) is 2.46. The number of halogens is 2. The minimum atomic E-state index is -1.28. The van der Waals surface area contributed by atoms with Gasteiger partial charge in [-0.15, -0.1) is 0 Å². The molecule has 4 N–H and O–H groups in total. The largest absolute Gasteiger partial charge is 0.480 e. The van der Waals surface area contributed by atoms with Gasteiger partial charge in [-0.3, -0.25) is 0 Å². The summed E-state index contributed by atoms with van der Waals surface area (Å²) < 4.78 is 25.6. The summed E-state index contributed by atoms with van der Waals surface area (Å²) >= 11 is 0. The van der Waals surface area contributed by atoms with E-state index in [0.29, 0.717) is 5.56 Å². The number of aliphatic hydroxyl groups is 1. The number of aliphatic carboxylic acids is 1. The van der Waals surface area contributed by atoms with Crippen LogP contribution in [0.25, 0.3) is 0 Å². The zero-order chi connectivity index (χ0) is 15.1. The summed E-state index contributed by atoms with van der Waals surface area (Å²) in [6.45, 7) is -0.477. The number of nitrogens with one attached hydrogen (secondary N) is 2. The first kappa shape index (κ1) is 15.8. The number of amides is 2. The van der Waals surface area contributed by atoms with Crippen molar-refractivity contribution in [1.82, 2.24) is 10.6 Å². The van der Waals surface area contributed by atoms with Crippen LogP contribution in [-0.4, -0.2) is 34.9 Å². The van der Waals surface area contributed by atoms with E-state index in [1.807, 2.05) is 0 Å². The van der Waals surface area contributed by atoms with E-state index in [9.17, 15) is 18.4 Å². The number of carboxylic acids is 1. The Hall–Kier alpha value is -2.22. The monoisotopic (exact) mass is 288 g/mol. The predicted octanol–water partition coefficient (Wildman–Crippen LogP) is 0.600. The molecule has 20 heavy (non-hydrogen) atoms. The minimum absolute atomic E-state index is 0.0888. The van der Waals surface area contributed by atoms with Crippen LogP contribution in [0.15, 0.2) is 18.2 Å². The van der Waals surface area contributed by atoms with Crippen LogP contribution in [0, 0.1) is 11.6 Å². The molecule has 0 saturated carbocycles. The smallest absolute Gasteiger partial charge is 0.326 e. The van der Waals surface area contributed by atoms with Crippen LogP contribution in [0.3, 0.4) is 0 Å². The molecule has 2 amide bonds. The summed E-state index contributed by atoms with van der Waals surface area (Å²) in [5.74, 6) is -3.30. The number of hydrogen-bond acceptors (Lipinski definition) is 3. The lowest BCUT2D eigenvalue weighted by molar-refractivity contribution is -0.139. The summed E-state index contributed by atoms with van der Waals surface area (Å²) in [6, 6.07) is 1.15. The summed E-state index contributed by atoms with van der Waals surface area (Å²) in [5, 5.41) is 21.9. The van der Waals surface area contributed by atoms with Gasteiger partial charge in [-0.25, -0.2) is 18.4 Å². The van der Waals surface area contributed by atoms with Gasteiger partial charge in [-0.1, -0.05) is 6.07 Å². The highest BCUT2D eigenvalue weighted by molar-refractivity contribution is 5.82. The first-order valence-corrected chi connectivity index (χ1v) is 5.76. The van der Waals surface area contributed by atoms with Crippen molar-refractivity contribution >= 4 is 12.0 Å². The lowest BCUT2D eigenvalue weighted by Gasteiger charge is -2.14. The molecule has 0 aliphatic rings. The average molecular weight is 288 g/mol. The quantitative estimate of drug-likeness (QED) is 0.616. The van der Waals surface area contributed by atoms with Crippen LogP contribution >= 0.6 is 0 Å². The van der Waals surface area contributed by atoms with Crippen LogP contribution in [-0.2, 0) is 11.3 Å². The Morgan fingerprint density at radius 3 is 2.50 bits per heavy atom. The Labute approximate surface area is 113 Å². The van der Waals surface area contributed by atoms with E-state index >= 15 is 0 Å². The second-order valence-electron chi connectivity index (χ2n) is 3.98. The standard InChI is InChI=1S/C12H14F2N2O4/c13-8-2-1-7(5-9(8)14)6-15-12(20)16-10(3-4-17)11(18)19/h1-2,5,10,17H,3-4,6H2,(H,18,19)(H2,15,16,20)/t10-/m1/s1. The zero-order valence-corrected chi connectivity index (χ0v) is 10.4. The Balaban J connectivity index is 2.50. The average Bonchev–Trinajstić information content (AvgIpc) is 2.39. The van der Waals surface area contributed by atoms with E-state index in [4.69, 9.17) is 10.2 Å². The molecular formula is C12H14F2N2O4. The number of rotatable bonds is 6. The van der Waals surface area contributed by atoms with Crippen LogP contribution in [0.2, 0.25) is 0 Å². The normalized spacial score (nSPS) is 11.8. The summed E-state index contributed by atoms with van der Waals surface area (Å²) in [7, 11) is 0. The topological polar surface area (TPSA) is 98.7 Å². The van der Waals surface area contributed by atoms with Gasteiger partial charge >= 0.3 is 12.0 Å². The Kier molecular flexibility index (Phi) is 5.85. The van der Waals surface area contributed by atoms with Crippen molar-refractivity contribution in [2.45, 2.75) is 19.0 Å². The van der Waals surface area contributed by atoms with Crippen LogP contribution < -0.4 is 10.6 Å².